The number of rotatable bonds is 4. The molecule has 1 aliphatic heterocycles. The van der Waals surface area contributed by atoms with Crippen molar-refractivity contribution in [2.45, 2.75) is 32.4 Å². The van der Waals surface area contributed by atoms with Crippen LogP contribution < -0.4 is 16.4 Å². The van der Waals surface area contributed by atoms with Crippen LogP contribution in [0.3, 0.4) is 0 Å². The number of carbonyl (C=O) groups is 2. The number of nitrogens with zero attached hydrogens (tertiary/aromatic N) is 4. The fourth-order valence-electron chi connectivity index (χ4n) is 3.05. The molecule has 27 heavy (non-hydrogen) atoms. The maximum Gasteiger partial charge on any atom is 0.317 e. The summed E-state index contributed by atoms with van der Waals surface area (Å²) in [6, 6.07) is 1.57. The average molecular weight is 371 g/mol. The molecule has 3 rings (SSSR count). The third kappa shape index (κ3) is 4.36. The smallest absolute Gasteiger partial charge is 0.317 e. The van der Waals surface area contributed by atoms with Crippen LogP contribution in [0.1, 0.15) is 30.6 Å². The molecule has 0 spiro atoms. The van der Waals surface area contributed by atoms with E-state index in [0.717, 1.165) is 11.1 Å². The summed E-state index contributed by atoms with van der Waals surface area (Å²) in [5.41, 5.74) is 7.86. The molecular weight excluding hydrogens is 346 g/mol. The molecule has 0 radical (unpaired) electrons. The quantitative estimate of drug-likeness (QED) is 0.741. The van der Waals surface area contributed by atoms with E-state index in [9.17, 15) is 9.59 Å². The van der Waals surface area contributed by atoms with Crippen LogP contribution in [-0.4, -0.2) is 56.8 Å². The molecule has 1 fully saturated rings. The first-order valence-electron chi connectivity index (χ1n) is 8.94. The van der Waals surface area contributed by atoms with Gasteiger partial charge in [-0.25, -0.2) is 9.78 Å². The number of nitrogens with two attached hydrogens (primary N) is 1. The molecule has 2 aromatic heterocycles. The monoisotopic (exact) mass is 371 g/mol. The number of carbonyl (C=O) groups excluding carboxylic acids is 2. The zero-order chi connectivity index (χ0) is 19.6. The highest BCUT2D eigenvalue weighted by molar-refractivity contribution is 5.99. The lowest BCUT2D eigenvalue weighted by atomic mass is 10.1. The van der Waals surface area contributed by atoms with Crippen molar-refractivity contribution in [3.8, 4) is 11.1 Å². The van der Waals surface area contributed by atoms with Crippen molar-refractivity contribution in [2.24, 2.45) is 7.05 Å². The number of likely N-dealkylation sites (tertiary alicyclic amines) is 1. The number of aryl methyl sites for hydroxylation is 1. The maximum absolute atomic E-state index is 12.7. The number of nitrogen functional groups attached to an aromatic ring is 1. The highest BCUT2D eigenvalue weighted by Crippen LogP contribution is 2.22. The molecule has 1 aliphatic rings. The van der Waals surface area contributed by atoms with Crippen LogP contribution in [0.5, 0.6) is 0 Å². The summed E-state index contributed by atoms with van der Waals surface area (Å²) in [6.07, 6.45) is 5.87. The van der Waals surface area contributed by atoms with Crippen molar-refractivity contribution >= 4 is 17.8 Å². The van der Waals surface area contributed by atoms with Crippen molar-refractivity contribution in [1.82, 2.24) is 30.3 Å². The molecule has 9 nitrogen and oxygen atoms in total. The molecule has 1 atom stereocenters. The molecule has 4 N–H and O–H groups in total. The van der Waals surface area contributed by atoms with Crippen molar-refractivity contribution in [1.29, 1.82) is 0 Å². The molecule has 0 bridgehead atoms. The zero-order valence-electron chi connectivity index (χ0n) is 15.8. The Labute approximate surface area is 157 Å². The van der Waals surface area contributed by atoms with Gasteiger partial charge in [-0.1, -0.05) is 0 Å². The molecule has 0 unspecified atom stereocenters. The molecule has 0 saturated carbocycles. The SMILES string of the molecule is CC(C)NC(=O)N1CC[C@@H](NC(=O)c2cc(-c3cnn(C)c3)cnc2N)C1. The lowest BCUT2D eigenvalue weighted by Crippen LogP contribution is -2.44. The van der Waals surface area contributed by atoms with E-state index in [1.54, 1.807) is 28.0 Å². The first kappa shape index (κ1) is 18.7. The predicted octanol–water partition coefficient (Wildman–Crippen LogP) is 0.986. The van der Waals surface area contributed by atoms with E-state index in [1.165, 1.54) is 0 Å². The molecule has 3 heterocycles. The third-order valence-corrected chi connectivity index (χ3v) is 4.42. The predicted molar refractivity (Wildman–Crippen MR) is 102 cm³/mol. The first-order chi connectivity index (χ1) is 12.8. The van der Waals surface area contributed by atoms with Gasteiger partial charge in [-0.3, -0.25) is 9.48 Å². The Bertz CT molecular complexity index is 846. The van der Waals surface area contributed by atoms with E-state index in [-0.39, 0.29) is 29.8 Å². The van der Waals surface area contributed by atoms with Crippen molar-refractivity contribution in [2.75, 3.05) is 18.8 Å². The van der Waals surface area contributed by atoms with Crippen molar-refractivity contribution in [3.05, 3.63) is 30.2 Å². The van der Waals surface area contributed by atoms with Crippen LogP contribution >= 0.6 is 0 Å². The first-order valence-corrected chi connectivity index (χ1v) is 8.94. The number of pyridine rings is 1. The largest absolute Gasteiger partial charge is 0.383 e. The van der Waals surface area contributed by atoms with Crippen LogP contribution in [0.2, 0.25) is 0 Å². The van der Waals surface area contributed by atoms with Crippen LogP contribution in [-0.2, 0) is 7.05 Å². The van der Waals surface area contributed by atoms with Gasteiger partial charge in [0.05, 0.1) is 11.8 Å². The second kappa shape index (κ2) is 7.65. The Morgan fingerprint density at radius 1 is 1.30 bits per heavy atom. The van der Waals surface area contributed by atoms with Crippen LogP contribution in [0, 0.1) is 0 Å². The van der Waals surface area contributed by atoms with Gasteiger partial charge in [0.1, 0.15) is 5.82 Å². The second-order valence-electron chi connectivity index (χ2n) is 7.07. The third-order valence-electron chi connectivity index (χ3n) is 4.42. The zero-order valence-corrected chi connectivity index (χ0v) is 15.8. The summed E-state index contributed by atoms with van der Waals surface area (Å²) in [5.74, 6) is -0.116. The van der Waals surface area contributed by atoms with E-state index in [1.807, 2.05) is 27.1 Å². The van der Waals surface area contributed by atoms with Crippen molar-refractivity contribution < 1.29 is 9.59 Å². The van der Waals surface area contributed by atoms with E-state index >= 15 is 0 Å². The normalized spacial score (nSPS) is 16.6. The fourth-order valence-corrected chi connectivity index (χ4v) is 3.05. The van der Waals surface area contributed by atoms with Gasteiger partial charge in [-0.15, -0.1) is 0 Å². The number of hydrogen-bond donors (Lipinski definition) is 3. The minimum Gasteiger partial charge on any atom is -0.383 e. The second-order valence-corrected chi connectivity index (χ2v) is 7.07. The summed E-state index contributed by atoms with van der Waals surface area (Å²) >= 11 is 0. The van der Waals surface area contributed by atoms with Crippen LogP contribution in [0.15, 0.2) is 24.7 Å². The molecule has 0 aliphatic carbocycles. The molecule has 2 aromatic rings. The highest BCUT2D eigenvalue weighted by atomic mass is 16.2. The topological polar surface area (TPSA) is 118 Å². The Morgan fingerprint density at radius 2 is 2.07 bits per heavy atom. The minimum absolute atomic E-state index is 0.0761. The van der Waals surface area contributed by atoms with E-state index in [4.69, 9.17) is 5.73 Å². The molecule has 3 amide bonds. The number of anilines is 1. The van der Waals surface area contributed by atoms with Gasteiger partial charge in [-0.2, -0.15) is 5.10 Å². The molecule has 1 saturated heterocycles. The number of nitrogens with one attached hydrogen (secondary N) is 2. The molecule has 9 heteroatoms. The van der Waals surface area contributed by atoms with Gasteiger partial charge < -0.3 is 21.3 Å². The summed E-state index contributed by atoms with van der Waals surface area (Å²) in [7, 11) is 1.82. The standard InChI is InChI=1S/C18H25N7O2/c1-11(2)22-18(27)25-5-4-14(10-25)23-17(26)15-6-12(7-20-16(15)19)13-8-21-24(3)9-13/h6-9,11,14H,4-5,10H2,1-3H3,(H2,19,20)(H,22,27)(H,23,26)/t14-/m1/s1. The lowest BCUT2D eigenvalue weighted by molar-refractivity contribution is 0.0938. The summed E-state index contributed by atoms with van der Waals surface area (Å²) < 4.78 is 1.68. The lowest BCUT2D eigenvalue weighted by Gasteiger charge is -2.19. The Kier molecular flexibility index (Phi) is 5.29. The summed E-state index contributed by atoms with van der Waals surface area (Å²) in [5, 5.41) is 9.95. The Hall–Kier alpha value is -3.10. The van der Waals surface area contributed by atoms with Gasteiger partial charge >= 0.3 is 6.03 Å². The van der Waals surface area contributed by atoms with Crippen LogP contribution in [0.4, 0.5) is 10.6 Å². The number of urea groups is 1. The van der Waals surface area contributed by atoms with Gasteiger partial charge in [0, 0.05) is 55.7 Å². The van der Waals surface area contributed by atoms with Crippen molar-refractivity contribution in [3.63, 3.8) is 0 Å². The number of hydrogen-bond acceptors (Lipinski definition) is 5. The molecular formula is C18H25N7O2. The number of amides is 3. The van der Waals surface area contributed by atoms with Gasteiger partial charge in [0.15, 0.2) is 0 Å². The van der Waals surface area contributed by atoms with Crippen LogP contribution in [0.25, 0.3) is 11.1 Å². The maximum atomic E-state index is 12.7. The van der Waals surface area contributed by atoms with E-state index in [2.05, 4.69) is 20.7 Å². The summed E-state index contributed by atoms with van der Waals surface area (Å²) in [4.78, 5) is 30.6. The summed E-state index contributed by atoms with van der Waals surface area (Å²) in [6.45, 7) is 4.91. The van der Waals surface area contributed by atoms with E-state index in [0.29, 0.717) is 25.1 Å². The highest BCUT2D eigenvalue weighted by Gasteiger charge is 2.28. The van der Waals surface area contributed by atoms with Gasteiger partial charge in [-0.05, 0) is 26.3 Å². The van der Waals surface area contributed by atoms with Gasteiger partial charge in [0.2, 0.25) is 0 Å². The van der Waals surface area contributed by atoms with Gasteiger partial charge in [0.25, 0.3) is 5.91 Å². The average Bonchev–Trinajstić information content (AvgIpc) is 3.24. The Balaban J connectivity index is 1.67. The molecule has 144 valence electrons. The molecule has 0 aromatic carbocycles. The number of aromatic nitrogens is 3. The minimum atomic E-state index is -0.290. The fraction of sp³-hybridized carbons (Fsp3) is 0.444. The Morgan fingerprint density at radius 3 is 2.74 bits per heavy atom. The van der Waals surface area contributed by atoms with E-state index < -0.39 is 0 Å².